The lowest BCUT2D eigenvalue weighted by molar-refractivity contribution is -0.116. The van der Waals surface area contributed by atoms with E-state index < -0.39 is 17.2 Å². The zero-order valence-electron chi connectivity index (χ0n) is 16.8. The van der Waals surface area contributed by atoms with E-state index in [1.54, 1.807) is 12.1 Å². The van der Waals surface area contributed by atoms with Crippen LogP contribution in [0.5, 0.6) is 0 Å². The molecule has 7 nitrogen and oxygen atoms in total. The van der Waals surface area contributed by atoms with E-state index >= 15 is 0 Å². The third-order valence-corrected chi connectivity index (χ3v) is 6.67. The number of fused-ring (bicyclic) bond motifs is 5. The number of rotatable bonds is 3. The van der Waals surface area contributed by atoms with Crippen LogP contribution in [0.3, 0.4) is 0 Å². The van der Waals surface area contributed by atoms with E-state index in [0.29, 0.717) is 5.92 Å². The van der Waals surface area contributed by atoms with E-state index in [1.807, 2.05) is 39.6 Å². The Balaban J connectivity index is 1.79. The van der Waals surface area contributed by atoms with Crippen LogP contribution in [0, 0.1) is 0 Å². The third-order valence-electron chi connectivity index (χ3n) is 6.31. The second-order valence-electron chi connectivity index (χ2n) is 8.17. The number of anilines is 1. The number of carbonyl (C=O) groups is 2. The van der Waals surface area contributed by atoms with Crippen LogP contribution in [-0.2, 0) is 22.6 Å². The van der Waals surface area contributed by atoms with Gasteiger partial charge in [0.2, 0.25) is 5.91 Å². The molecule has 0 bridgehead atoms. The van der Waals surface area contributed by atoms with Crippen LogP contribution in [0.25, 0.3) is 22.2 Å². The molecule has 2 amide bonds. The van der Waals surface area contributed by atoms with Gasteiger partial charge in [-0.05, 0) is 42.5 Å². The van der Waals surface area contributed by atoms with Gasteiger partial charge in [-0.3, -0.25) is 18.5 Å². The molecule has 1 saturated carbocycles. The fraction of sp³-hybridized carbons (Fsp3) is 0.304. The highest BCUT2D eigenvalue weighted by Crippen LogP contribution is 2.46. The van der Waals surface area contributed by atoms with Gasteiger partial charge >= 0.3 is 0 Å². The fourth-order valence-corrected chi connectivity index (χ4v) is 5.31. The monoisotopic (exact) mass is 436 g/mol. The van der Waals surface area contributed by atoms with Gasteiger partial charge in [-0.25, -0.2) is 0 Å². The predicted octanol–water partition coefficient (Wildman–Crippen LogP) is 3.83. The largest absolute Gasteiger partial charge is 0.755 e. The van der Waals surface area contributed by atoms with Crippen LogP contribution in [0.15, 0.2) is 42.5 Å². The van der Waals surface area contributed by atoms with E-state index in [9.17, 15) is 18.4 Å². The van der Waals surface area contributed by atoms with E-state index in [2.05, 4.69) is 5.32 Å². The molecule has 5 rings (SSSR count). The smallest absolute Gasteiger partial charge is 0.262 e. The molecule has 2 N–H and O–H groups in total. The molecule has 1 aliphatic heterocycles. The number of hydrogen-bond acceptors (Lipinski definition) is 4. The second-order valence-corrected chi connectivity index (χ2v) is 8.85. The van der Waals surface area contributed by atoms with E-state index in [1.165, 1.54) is 24.8 Å². The maximum absolute atomic E-state index is 12.7. The van der Waals surface area contributed by atoms with Crippen LogP contribution >= 0.6 is 0 Å². The third kappa shape index (κ3) is 3.55. The van der Waals surface area contributed by atoms with Gasteiger partial charge in [-0.1, -0.05) is 43.5 Å². The molecule has 2 aromatic carbocycles. The summed E-state index contributed by atoms with van der Waals surface area (Å²) >= 11 is -2.69. The van der Waals surface area contributed by atoms with Gasteiger partial charge in [0.1, 0.15) is 6.54 Å². The number of amides is 2. The fourth-order valence-electron chi connectivity index (χ4n) is 5.04. The molecule has 0 radical (unpaired) electrons. The number of hydrogen-bond donors (Lipinski definition) is 2. The minimum atomic E-state index is -2.69. The summed E-state index contributed by atoms with van der Waals surface area (Å²) < 4.78 is 25.7. The molecule has 1 atom stereocenters. The van der Waals surface area contributed by atoms with Crippen LogP contribution < -0.4 is 10.0 Å². The highest BCUT2D eigenvalue weighted by atomic mass is 32.2. The maximum atomic E-state index is 12.7. The van der Waals surface area contributed by atoms with E-state index in [4.69, 9.17) is 0 Å². The topological polar surface area (TPSA) is 103 Å². The summed E-state index contributed by atoms with van der Waals surface area (Å²) in [7, 11) is 0. The van der Waals surface area contributed by atoms with Crippen LogP contribution in [0.2, 0.25) is 0 Å². The Morgan fingerprint density at radius 3 is 2.68 bits per heavy atom. The molecule has 1 aromatic heterocycles. The number of nitrogens with zero attached hydrogens (tertiary/aromatic N) is 1. The highest BCUT2D eigenvalue weighted by molar-refractivity contribution is 7.77. The molecule has 2 heterocycles. The van der Waals surface area contributed by atoms with Gasteiger partial charge < -0.3 is 14.4 Å². The number of para-hydroxylation sites is 1. The molecule has 1 aliphatic carbocycles. The number of carbonyl (C=O) groups excluding carboxylic acids is 2. The Bertz CT molecular complexity index is 1230. The minimum Gasteiger partial charge on any atom is -0.755 e. The van der Waals surface area contributed by atoms with Gasteiger partial charge in [0, 0.05) is 27.8 Å². The van der Waals surface area contributed by atoms with Crippen molar-refractivity contribution >= 4 is 39.7 Å². The molecule has 1 unspecified atom stereocenters. The van der Waals surface area contributed by atoms with Gasteiger partial charge in [0.05, 0.1) is 16.9 Å². The van der Waals surface area contributed by atoms with Crippen molar-refractivity contribution in [2.24, 2.45) is 0 Å². The van der Waals surface area contributed by atoms with Crippen LogP contribution in [0.4, 0.5) is 5.69 Å². The van der Waals surface area contributed by atoms with Gasteiger partial charge in [-0.2, -0.15) is 0 Å². The zero-order chi connectivity index (χ0) is 21.5. The average molecular weight is 437 g/mol. The van der Waals surface area contributed by atoms with Crippen molar-refractivity contribution in [1.29, 1.82) is 0 Å². The molecule has 8 heteroatoms. The quantitative estimate of drug-likeness (QED) is 0.609. The molecule has 1 fully saturated rings. The zero-order valence-corrected chi connectivity index (χ0v) is 17.7. The highest BCUT2D eigenvalue weighted by Gasteiger charge is 2.30. The van der Waals surface area contributed by atoms with E-state index in [-0.39, 0.29) is 18.0 Å². The summed E-state index contributed by atoms with van der Waals surface area (Å²) in [5.41, 5.74) is 5.00. The van der Waals surface area contributed by atoms with Crippen LogP contribution in [0.1, 0.15) is 53.9 Å². The lowest BCUT2D eigenvalue weighted by Gasteiger charge is -2.23. The summed E-state index contributed by atoms with van der Waals surface area (Å²) in [4.78, 5) is 25.0. The normalized spacial score (nSPS) is 17.4. The van der Waals surface area contributed by atoms with Crippen molar-refractivity contribution in [2.45, 2.75) is 44.6 Å². The molecule has 0 saturated heterocycles. The Morgan fingerprint density at radius 2 is 1.90 bits per heavy atom. The van der Waals surface area contributed by atoms with Crippen molar-refractivity contribution in [3.05, 3.63) is 53.6 Å². The molecular weight excluding hydrogens is 414 g/mol. The van der Waals surface area contributed by atoms with Crippen LogP contribution in [-0.4, -0.2) is 25.1 Å². The lowest BCUT2D eigenvalue weighted by Crippen LogP contribution is -2.25. The van der Waals surface area contributed by atoms with Crippen molar-refractivity contribution in [3.63, 3.8) is 0 Å². The first kappa shape index (κ1) is 20.0. The Morgan fingerprint density at radius 1 is 1.13 bits per heavy atom. The minimum absolute atomic E-state index is 0.131. The molecule has 3 aromatic rings. The number of benzene rings is 2. The van der Waals surface area contributed by atoms with Crippen molar-refractivity contribution < 1.29 is 18.4 Å². The maximum Gasteiger partial charge on any atom is 0.262 e. The van der Waals surface area contributed by atoms with Gasteiger partial charge in [0.15, 0.2) is 0 Å². The number of aromatic nitrogens is 1. The summed E-state index contributed by atoms with van der Waals surface area (Å²) in [6.45, 7) is 0.131. The average Bonchev–Trinajstić information content (AvgIpc) is 2.98. The molecule has 31 heavy (non-hydrogen) atoms. The molecule has 0 spiro atoms. The Hall–Kier alpha value is -2.97. The van der Waals surface area contributed by atoms with Gasteiger partial charge in [0.25, 0.3) is 5.91 Å². The first-order chi connectivity index (χ1) is 15.0. The van der Waals surface area contributed by atoms with E-state index in [0.717, 1.165) is 40.7 Å². The van der Waals surface area contributed by atoms with Crippen molar-refractivity contribution in [1.82, 2.24) is 9.29 Å². The van der Waals surface area contributed by atoms with Gasteiger partial charge in [-0.15, -0.1) is 0 Å². The first-order valence-electron chi connectivity index (χ1n) is 10.5. The Labute approximate surface area is 182 Å². The number of nitrogens with one attached hydrogen (secondary N) is 2. The molecular formula is C23H22N3O4S-. The summed E-state index contributed by atoms with van der Waals surface area (Å²) in [6, 6.07) is 13.0. The van der Waals surface area contributed by atoms with Crippen molar-refractivity contribution in [2.75, 3.05) is 5.32 Å². The molecule has 160 valence electrons. The molecule has 2 aliphatic rings. The van der Waals surface area contributed by atoms with Crippen molar-refractivity contribution in [3.8, 4) is 11.3 Å². The standard InChI is InChI=1S/C23H23N3O4S/c27-20-13-26-19-12-15(23(28)25-31(29)30)10-11-17(19)21(14-6-2-1-3-7-14)22(26)16-8-4-5-9-18(16)24-20/h4-5,8-12,14H,1-3,6-7,13H2,(H,24,27)(H,25,28)(H,29,30)/p-1. The summed E-state index contributed by atoms with van der Waals surface area (Å²) in [5.74, 6) is -0.445. The second kappa shape index (κ2) is 7.94. The summed E-state index contributed by atoms with van der Waals surface area (Å²) in [6.07, 6.45) is 5.76. The lowest BCUT2D eigenvalue weighted by atomic mass is 9.81. The Kier molecular flexibility index (Phi) is 5.11. The predicted molar refractivity (Wildman–Crippen MR) is 118 cm³/mol. The summed E-state index contributed by atoms with van der Waals surface area (Å²) in [5, 5.41) is 4.01. The first-order valence-corrected chi connectivity index (χ1v) is 11.6. The SMILES string of the molecule is O=C1Cn2c(c(C3CCCCC3)c3ccc(C(=O)NS(=O)[O-])cc32)-c2ccccc2N1.